The van der Waals surface area contributed by atoms with Crippen molar-refractivity contribution in [1.82, 2.24) is 25.0 Å². The predicted molar refractivity (Wildman–Crippen MR) is 159 cm³/mol. The SMILES string of the molecule is COC(=O)N(C=N)N1CCC[C@@H](CNC(=O)[C@H](CC(=O)N(CCCO)C2CC2)NS(=O)(=O)c2ccc3ccccc3c2)C1. The van der Waals surface area contributed by atoms with Gasteiger partial charge in [-0.05, 0) is 60.9 Å². The molecule has 1 saturated heterocycles. The van der Waals surface area contributed by atoms with Crippen molar-refractivity contribution in [2.75, 3.05) is 39.9 Å². The lowest BCUT2D eigenvalue weighted by molar-refractivity contribution is -0.135. The Morgan fingerprint density at radius 1 is 1.16 bits per heavy atom. The van der Waals surface area contributed by atoms with Crippen LogP contribution in [0.15, 0.2) is 47.4 Å². The Hall–Kier alpha value is -3.59. The smallest absolute Gasteiger partial charge is 0.429 e. The van der Waals surface area contributed by atoms with E-state index < -0.39 is 28.1 Å². The molecule has 13 nitrogen and oxygen atoms in total. The first kappa shape index (κ1) is 32.3. The highest BCUT2D eigenvalue weighted by Gasteiger charge is 2.36. The summed E-state index contributed by atoms with van der Waals surface area (Å²) in [6, 6.07) is 10.7. The first-order valence-electron chi connectivity index (χ1n) is 14.5. The molecule has 0 aromatic heterocycles. The third-order valence-electron chi connectivity index (χ3n) is 7.74. The van der Waals surface area contributed by atoms with Crippen LogP contribution in [-0.4, -0.2) is 105 Å². The Kier molecular flexibility index (Phi) is 11.1. The lowest BCUT2D eigenvalue weighted by atomic mass is 9.99. The minimum absolute atomic E-state index is 0.0201. The standard InChI is InChI=1S/C29H40N6O7S/c1-42-29(39)35(20-30)33-13-4-6-21(19-33)18-31-28(38)26(17-27(37)34(14-5-15-36)24-10-11-24)32-43(40,41)25-12-9-22-7-2-3-8-23(22)16-25/h2-3,7-9,12,16,20-21,24,26,30,32,36H,4-6,10-11,13-15,17-19H2,1H3,(H,31,38)/t21-,26-/m0/s1. The molecule has 2 aromatic rings. The molecule has 1 aliphatic heterocycles. The van der Waals surface area contributed by atoms with E-state index in [1.165, 1.54) is 19.2 Å². The average molecular weight is 617 g/mol. The summed E-state index contributed by atoms with van der Waals surface area (Å²) >= 11 is 0. The van der Waals surface area contributed by atoms with Gasteiger partial charge in [0.15, 0.2) is 0 Å². The number of fused-ring (bicyclic) bond motifs is 1. The number of amides is 3. The zero-order valence-electron chi connectivity index (χ0n) is 24.3. The van der Waals surface area contributed by atoms with Gasteiger partial charge in [-0.3, -0.25) is 15.0 Å². The van der Waals surface area contributed by atoms with Crippen LogP contribution in [0.3, 0.4) is 0 Å². The van der Waals surface area contributed by atoms with Gasteiger partial charge in [-0.1, -0.05) is 30.3 Å². The molecule has 4 rings (SSSR count). The molecule has 2 aromatic carbocycles. The molecule has 1 saturated carbocycles. The molecule has 14 heteroatoms. The van der Waals surface area contributed by atoms with Crippen molar-refractivity contribution in [3.8, 4) is 0 Å². The maximum Gasteiger partial charge on any atom is 0.429 e. The molecular weight excluding hydrogens is 576 g/mol. The summed E-state index contributed by atoms with van der Waals surface area (Å²) in [4.78, 5) is 40.5. The lowest BCUT2D eigenvalue weighted by Crippen LogP contribution is -2.53. The van der Waals surface area contributed by atoms with Crippen LogP contribution in [0, 0.1) is 11.3 Å². The maximum atomic E-state index is 13.5. The summed E-state index contributed by atoms with van der Waals surface area (Å²) in [6.07, 6.45) is 3.30. The van der Waals surface area contributed by atoms with Gasteiger partial charge in [0.25, 0.3) is 0 Å². The van der Waals surface area contributed by atoms with E-state index in [2.05, 4.69) is 10.0 Å². The number of rotatable bonds is 14. The van der Waals surface area contributed by atoms with Crippen LogP contribution in [0.2, 0.25) is 0 Å². The number of aliphatic hydroxyl groups excluding tert-OH is 1. The molecule has 4 N–H and O–H groups in total. The second-order valence-electron chi connectivity index (χ2n) is 10.9. The summed E-state index contributed by atoms with van der Waals surface area (Å²) < 4.78 is 34.2. The van der Waals surface area contributed by atoms with E-state index >= 15 is 0 Å². The third kappa shape index (κ3) is 8.50. The number of piperidine rings is 1. The molecule has 1 heterocycles. The molecule has 2 atom stereocenters. The van der Waals surface area contributed by atoms with Crippen LogP contribution in [0.5, 0.6) is 0 Å². The first-order chi connectivity index (χ1) is 20.7. The molecule has 2 fully saturated rings. The number of hydrogen-bond acceptors (Lipinski definition) is 9. The van der Waals surface area contributed by atoms with E-state index in [1.54, 1.807) is 28.1 Å². The number of carbonyl (C=O) groups excluding carboxylic acids is 3. The quantitative estimate of drug-likeness (QED) is 0.183. The highest BCUT2D eigenvalue weighted by Crippen LogP contribution is 2.28. The van der Waals surface area contributed by atoms with Crippen LogP contribution in [0.4, 0.5) is 4.79 Å². The monoisotopic (exact) mass is 616 g/mol. The number of nitrogens with zero attached hydrogens (tertiary/aromatic N) is 3. The molecule has 3 amide bonds. The Bertz CT molecular complexity index is 1420. The number of carbonyl (C=O) groups is 3. The number of ether oxygens (including phenoxy) is 1. The second kappa shape index (κ2) is 14.7. The van der Waals surface area contributed by atoms with Crippen molar-refractivity contribution in [1.29, 1.82) is 5.41 Å². The zero-order chi connectivity index (χ0) is 31.0. The summed E-state index contributed by atoms with van der Waals surface area (Å²) in [5.74, 6) is -1.09. The van der Waals surface area contributed by atoms with Crippen molar-refractivity contribution in [2.24, 2.45) is 5.92 Å². The largest absolute Gasteiger partial charge is 0.452 e. The number of benzene rings is 2. The number of hydrogen-bond donors (Lipinski definition) is 4. The van der Waals surface area contributed by atoms with E-state index in [0.29, 0.717) is 32.5 Å². The van der Waals surface area contributed by atoms with Crippen molar-refractivity contribution < 1.29 is 32.6 Å². The second-order valence-corrected chi connectivity index (χ2v) is 12.6. The van der Waals surface area contributed by atoms with Crippen molar-refractivity contribution in [2.45, 2.75) is 55.5 Å². The van der Waals surface area contributed by atoms with Gasteiger partial charge < -0.3 is 20.1 Å². The molecule has 0 bridgehead atoms. The van der Waals surface area contributed by atoms with Gasteiger partial charge in [-0.2, -0.15) is 9.73 Å². The number of methoxy groups -OCH3 is 1. The molecule has 0 spiro atoms. The Labute approximate surface area is 251 Å². The van der Waals surface area contributed by atoms with Crippen LogP contribution in [0.1, 0.15) is 38.5 Å². The molecule has 0 radical (unpaired) electrons. The highest BCUT2D eigenvalue weighted by molar-refractivity contribution is 7.89. The van der Waals surface area contributed by atoms with Crippen LogP contribution in [0.25, 0.3) is 10.8 Å². The fraction of sp³-hybridized carbons (Fsp3) is 0.517. The Balaban J connectivity index is 1.49. The maximum absolute atomic E-state index is 13.5. The summed E-state index contributed by atoms with van der Waals surface area (Å²) in [5.41, 5.74) is 0. The molecule has 0 unspecified atom stereocenters. The van der Waals surface area contributed by atoms with Crippen molar-refractivity contribution in [3.63, 3.8) is 0 Å². The van der Waals surface area contributed by atoms with E-state index in [-0.39, 0.29) is 42.3 Å². The highest BCUT2D eigenvalue weighted by atomic mass is 32.2. The number of hydrazine groups is 1. The van der Waals surface area contributed by atoms with E-state index in [9.17, 15) is 27.9 Å². The van der Waals surface area contributed by atoms with Gasteiger partial charge in [0.05, 0.1) is 18.4 Å². The van der Waals surface area contributed by atoms with Gasteiger partial charge in [-0.15, -0.1) is 0 Å². The van der Waals surface area contributed by atoms with E-state index in [1.807, 2.05) is 12.1 Å². The van der Waals surface area contributed by atoms with Gasteiger partial charge >= 0.3 is 6.09 Å². The minimum atomic E-state index is -4.18. The normalized spacial score (nSPS) is 18.0. The predicted octanol–water partition coefficient (Wildman–Crippen LogP) is 1.67. The molecule has 2 aliphatic rings. The number of aliphatic hydroxyl groups is 1. The van der Waals surface area contributed by atoms with E-state index in [4.69, 9.17) is 10.1 Å². The average Bonchev–Trinajstić information content (AvgIpc) is 3.85. The van der Waals surface area contributed by atoms with Gasteiger partial charge in [0.2, 0.25) is 21.8 Å². The van der Waals surface area contributed by atoms with Gasteiger partial charge in [0, 0.05) is 38.8 Å². The van der Waals surface area contributed by atoms with Gasteiger partial charge in [-0.25, -0.2) is 18.2 Å². The molecule has 234 valence electrons. The minimum Gasteiger partial charge on any atom is -0.452 e. The number of nitrogens with one attached hydrogen (secondary N) is 3. The van der Waals surface area contributed by atoms with Crippen LogP contribution >= 0.6 is 0 Å². The molecule has 1 aliphatic carbocycles. The van der Waals surface area contributed by atoms with Crippen molar-refractivity contribution in [3.05, 3.63) is 42.5 Å². The fourth-order valence-corrected chi connectivity index (χ4v) is 6.56. The third-order valence-corrected chi connectivity index (χ3v) is 9.21. The lowest BCUT2D eigenvalue weighted by Gasteiger charge is -2.37. The van der Waals surface area contributed by atoms with Crippen LogP contribution in [-0.2, 0) is 24.3 Å². The number of sulfonamides is 1. The van der Waals surface area contributed by atoms with Gasteiger partial charge in [0.1, 0.15) is 12.4 Å². The van der Waals surface area contributed by atoms with E-state index in [0.717, 1.165) is 41.4 Å². The Morgan fingerprint density at radius 2 is 1.91 bits per heavy atom. The Morgan fingerprint density at radius 3 is 2.58 bits per heavy atom. The van der Waals surface area contributed by atoms with Crippen LogP contribution < -0.4 is 10.0 Å². The summed E-state index contributed by atoms with van der Waals surface area (Å²) in [7, 11) is -2.95. The molecule has 43 heavy (non-hydrogen) atoms. The fourth-order valence-electron chi connectivity index (χ4n) is 5.32. The zero-order valence-corrected chi connectivity index (χ0v) is 25.1. The van der Waals surface area contributed by atoms with Crippen molar-refractivity contribution >= 4 is 45.0 Å². The molecular formula is C29H40N6O7S. The topological polar surface area (TPSA) is 172 Å². The summed E-state index contributed by atoms with van der Waals surface area (Å²) in [5, 5.41) is 24.0. The summed E-state index contributed by atoms with van der Waals surface area (Å²) in [6.45, 7) is 1.32. The first-order valence-corrected chi connectivity index (χ1v) is 16.0.